The highest BCUT2D eigenvalue weighted by atomic mass is 32.2. The van der Waals surface area contributed by atoms with Crippen molar-refractivity contribution in [3.05, 3.63) is 29.3 Å². The Bertz CT molecular complexity index is 804. The number of piperidine rings is 1. The summed E-state index contributed by atoms with van der Waals surface area (Å²) in [6.45, 7) is 4.82. The highest BCUT2D eigenvalue weighted by Crippen LogP contribution is 2.25. The van der Waals surface area contributed by atoms with E-state index in [0.717, 1.165) is 18.4 Å². The molecular weight excluding hydrogens is 378 g/mol. The van der Waals surface area contributed by atoms with E-state index in [1.807, 2.05) is 25.9 Å². The molecule has 2 fully saturated rings. The molecule has 156 valence electrons. The van der Waals surface area contributed by atoms with Gasteiger partial charge in [0.05, 0.1) is 18.1 Å². The van der Waals surface area contributed by atoms with Gasteiger partial charge in [-0.1, -0.05) is 13.0 Å². The number of nitrogens with zero attached hydrogens (tertiary/aromatic N) is 3. The molecule has 1 aromatic rings. The van der Waals surface area contributed by atoms with Gasteiger partial charge in [0.2, 0.25) is 10.0 Å². The molecule has 1 atom stereocenters. The molecule has 0 aliphatic carbocycles. The number of likely N-dealkylation sites (tertiary alicyclic amines) is 1. The van der Waals surface area contributed by atoms with Gasteiger partial charge >= 0.3 is 0 Å². The van der Waals surface area contributed by atoms with Gasteiger partial charge in [-0.05, 0) is 51.1 Å². The summed E-state index contributed by atoms with van der Waals surface area (Å²) in [6.07, 6.45) is 2.63. The zero-order valence-electron chi connectivity index (χ0n) is 17.1. The minimum absolute atomic E-state index is 0.0902. The monoisotopic (exact) mass is 409 g/mol. The largest absolute Gasteiger partial charge is 0.379 e. The average molecular weight is 410 g/mol. The Hall–Kier alpha value is -1.48. The number of morpholine rings is 1. The number of rotatable bonds is 5. The van der Waals surface area contributed by atoms with Crippen molar-refractivity contribution in [1.82, 2.24) is 14.1 Å². The number of carbonyl (C=O) groups excluding carboxylic acids is 1. The summed E-state index contributed by atoms with van der Waals surface area (Å²) >= 11 is 0. The minimum Gasteiger partial charge on any atom is -0.379 e. The van der Waals surface area contributed by atoms with Crippen LogP contribution in [-0.4, -0.2) is 88.0 Å². The van der Waals surface area contributed by atoms with Crippen LogP contribution in [0.3, 0.4) is 0 Å². The molecular formula is C20H31N3O4S. The third-order valence-electron chi connectivity index (χ3n) is 5.70. The molecule has 0 saturated carbocycles. The molecule has 0 radical (unpaired) electrons. The van der Waals surface area contributed by atoms with E-state index in [4.69, 9.17) is 4.74 Å². The SMILES string of the molecule is CCc1ccc(C(=O)N2CCCC(N(C)C)C2)cc1S(=O)(=O)N1CCOCC1. The van der Waals surface area contributed by atoms with Crippen LogP contribution < -0.4 is 0 Å². The molecule has 0 spiro atoms. The molecule has 0 N–H and O–H groups in total. The Labute approximate surface area is 168 Å². The number of ether oxygens (including phenoxy) is 1. The van der Waals surface area contributed by atoms with Gasteiger partial charge in [0, 0.05) is 37.8 Å². The predicted octanol–water partition coefficient (Wildman–Crippen LogP) is 1.44. The fourth-order valence-corrected chi connectivity index (χ4v) is 5.62. The summed E-state index contributed by atoms with van der Waals surface area (Å²) in [5.41, 5.74) is 1.19. The maximum atomic E-state index is 13.2. The fraction of sp³-hybridized carbons (Fsp3) is 0.650. The molecule has 1 unspecified atom stereocenters. The quantitative estimate of drug-likeness (QED) is 0.736. The highest BCUT2D eigenvalue weighted by Gasteiger charge is 2.30. The minimum atomic E-state index is -3.64. The van der Waals surface area contributed by atoms with Gasteiger partial charge in [-0.15, -0.1) is 0 Å². The molecule has 0 aromatic heterocycles. The van der Waals surface area contributed by atoms with E-state index in [1.165, 1.54) is 4.31 Å². The second kappa shape index (κ2) is 8.90. The maximum Gasteiger partial charge on any atom is 0.253 e. The van der Waals surface area contributed by atoms with Crippen LogP contribution in [0.5, 0.6) is 0 Å². The van der Waals surface area contributed by atoms with Crippen LogP contribution in [0, 0.1) is 0 Å². The second-order valence-corrected chi connectivity index (χ2v) is 9.61. The van der Waals surface area contributed by atoms with Crippen molar-refractivity contribution in [2.45, 2.75) is 37.1 Å². The molecule has 2 aliphatic rings. The van der Waals surface area contributed by atoms with E-state index < -0.39 is 10.0 Å². The van der Waals surface area contributed by atoms with Crippen molar-refractivity contribution in [2.75, 3.05) is 53.5 Å². The molecule has 2 aliphatic heterocycles. The van der Waals surface area contributed by atoms with Crippen LogP contribution in [0.25, 0.3) is 0 Å². The molecule has 2 heterocycles. The number of hydrogen-bond donors (Lipinski definition) is 0. The summed E-state index contributed by atoms with van der Waals surface area (Å²) in [5, 5.41) is 0. The van der Waals surface area contributed by atoms with Crippen molar-refractivity contribution in [3.8, 4) is 0 Å². The van der Waals surface area contributed by atoms with Crippen molar-refractivity contribution in [3.63, 3.8) is 0 Å². The number of hydrogen-bond acceptors (Lipinski definition) is 5. The van der Waals surface area contributed by atoms with E-state index in [1.54, 1.807) is 18.2 Å². The first kappa shape index (κ1) is 21.2. The van der Waals surface area contributed by atoms with Gasteiger partial charge < -0.3 is 14.5 Å². The number of carbonyl (C=O) groups is 1. The molecule has 3 rings (SSSR count). The van der Waals surface area contributed by atoms with E-state index >= 15 is 0 Å². The average Bonchev–Trinajstić information content (AvgIpc) is 2.73. The molecule has 0 bridgehead atoms. The van der Waals surface area contributed by atoms with Crippen LogP contribution in [0.4, 0.5) is 0 Å². The number of likely N-dealkylation sites (N-methyl/N-ethyl adjacent to an activating group) is 1. The summed E-state index contributed by atoms with van der Waals surface area (Å²) in [5.74, 6) is -0.0902. The third kappa shape index (κ3) is 4.40. The van der Waals surface area contributed by atoms with E-state index in [2.05, 4.69) is 4.90 Å². The molecule has 1 amide bonds. The van der Waals surface area contributed by atoms with Crippen molar-refractivity contribution < 1.29 is 17.9 Å². The standard InChI is InChI=1S/C20H31N3O4S/c1-4-16-7-8-17(20(24)22-9-5-6-18(15-22)21(2)3)14-19(16)28(25,26)23-10-12-27-13-11-23/h7-8,14,18H,4-6,9-13,15H2,1-3H3. The summed E-state index contributed by atoms with van der Waals surface area (Å²) in [4.78, 5) is 17.3. The smallest absolute Gasteiger partial charge is 0.253 e. The molecule has 1 aromatic carbocycles. The summed E-state index contributed by atoms with van der Waals surface area (Å²) < 4.78 is 33.1. The Morgan fingerprint density at radius 3 is 2.57 bits per heavy atom. The third-order valence-corrected chi connectivity index (χ3v) is 7.68. The van der Waals surface area contributed by atoms with Gasteiger partial charge in [-0.2, -0.15) is 4.31 Å². The van der Waals surface area contributed by atoms with Crippen LogP contribution >= 0.6 is 0 Å². The van der Waals surface area contributed by atoms with Crippen molar-refractivity contribution in [2.24, 2.45) is 0 Å². The van der Waals surface area contributed by atoms with E-state index in [0.29, 0.717) is 57.4 Å². The molecule has 7 nitrogen and oxygen atoms in total. The topological polar surface area (TPSA) is 70.2 Å². The molecule has 28 heavy (non-hydrogen) atoms. The second-order valence-electron chi connectivity index (χ2n) is 7.70. The number of benzene rings is 1. The molecule has 2 saturated heterocycles. The predicted molar refractivity (Wildman–Crippen MR) is 108 cm³/mol. The van der Waals surface area contributed by atoms with Crippen LogP contribution in [0.15, 0.2) is 23.1 Å². The first-order valence-electron chi connectivity index (χ1n) is 10.0. The zero-order valence-corrected chi connectivity index (χ0v) is 17.9. The van der Waals surface area contributed by atoms with Crippen LogP contribution in [0.2, 0.25) is 0 Å². The van der Waals surface area contributed by atoms with Crippen molar-refractivity contribution >= 4 is 15.9 Å². The summed E-state index contributed by atoms with van der Waals surface area (Å²) in [6, 6.07) is 5.46. The highest BCUT2D eigenvalue weighted by molar-refractivity contribution is 7.89. The van der Waals surface area contributed by atoms with E-state index in [9.17, 15) is 13.2 Å². The lowest BCUT2D eigenvalue weighted by molar-refractivity contribution is 0.0634. The van der Waals surface area contributed by atoms with Crippen molar-refractivity contribution in [1.29, 1.82) is 0 Å². The Kier molecular flexibility index (Phi) is 6.75. The fourth-order valence-electron chi connectivity index (χ4n) is 3.89. The van der Waals surface area contributed by atoms with Gasteiger partial charge in [-0.3, -0.25) is 4.79 Å². The van der Waals surface area contributed by atoms with Gasteiger partial charge in [0.15, 0.2) is 0 Å². The van der Waals surface area contributed by atoms with Gasteiger partial charge in [0.1, 0.15) is 0 Å². The van der Waals surface area contributed by atoms with Gasteiger partial charge in [-0.25, -0.2) is 8.42 Å². The lowest BCUT2D eigenvalue weighted by Gasteiger charge is -2.36. The Balaban J connectivity index is 1.89. The number of sulfonamides is 1. The number of aryl methyl sites for hydroxylation is 1. The van der Waals surface area contributed by atoms with Gasteiger partial charge in [0.25, 0.3) is 5.91 Å². The Morgan fingerprint density at radius 2 is 1.93 bits per heavy atom. The first-order valence-corrected chi connectivity index (χ1v) is 11.4. The van der Waals surface area contributed by atoms with E-state index in [-0.39, 0.29) is 10.8 Å². The lowest BCUT2D eigenvalue weighted by atomic mass is 10.0. The maximum absolute atomic E-state index is 13.2. The van der Waals surface area contributed by atoms with Crippen LogP contribution in [0.1, 0.15) is 35.7 Å². The zero-order chi connectivity index (χ0) is 20.3. The normalized spacial score (nSPS) is 21.9. The summed E-state index contributed by atoms with van der Waals surface area (Å²) in [7, 11) is 0.418. The molecule has 8 heteroatoms. The lowest BCUT2D eigenvalue weighted by Crippen LogP contribution is -2.47. The first-order chi connectivity index (χ1) is 13.3. The Morgan fingerprint density at radius 1 is 1.21 bits per heavy atom. The number of amides is 1. The van der Waals surface area contributed by atoms with Crippen LogP contribution in [-0.2, 0) is 21.2 Å².